The molecule has 1 aliphatic heterocycles. The number of aliphatic hydroxyl groups is 2. The van der Waals surface area contributed by atoms with Gasteiger partial charge in [-0.25, -0.2) is 0 Å². The van der Waals surface area contributed by atoms with Crippen molar-refractivity contribution in [1.29, 1.82) is 0 Å². The van der Waals surface area contributed by atoms with E-state index in [1.807, 2.05) is 30.1 Å². The molecule has 4 unspecified atom stereocenters. The Morgan fingerprint density at radius 1 is 1.13 bits per heavy atom. The number of methoxy groups -OCH3 is 1. The molecule has 4 atom stereocenters. The highest BCUT2D eigenvalue weighted by Gasteiger charge is 2.45. The normalized spacial score (nSPS) is 23.5. The van der Waals surface area contributed by atoms with E-state index in [9.17, 15) is 15.0 Å². The topological polar surface area (TPSA) is 91.3 Å². The molecule has 0 spiro atoms. The molecule has 2 aromatic rings. The highest BCUT2D eigenvalue weighted by molar-refractivity contribution is 5.94. The molecule has 0 bridgehead atoms. The fourth-order valence-electron chi connectivity index (χ4n) is 3.83. The smallest absolute Gasteiger partial charge is 0.251 e. The Hall–Kier alpha value is -2.45. The van der Waals surface area contributed by atoms with Crippen molar-refractivity contribution in [3.8, 4) is 5.75 Å². The minimum atomic E-state index is -0.835. The molecule has 1 heterocycles. The van der Waals surface area contributed by atoms with Gasteiger partial charge in [0.05, 0.1) is 25.9 Å². The number of hydrogen-bond donors (Lipinski definition) is 3. The summed E-state index contributed by atoms with van der Waals surface area (Å²) in [6.45, 7) is 0.683. The number of carbonyl (C=O) groups excluding carboxylic acids is 1. The Bertz CT molecular complexity index is 799. The minimum Gasteiger partial charge on any atom is -0.497 e. The molecule has 1 saturated heterocycles. The summed E-state index contributed by atoms with van der Waals surface area (Å²) in [4.78, 5) is 14.5. The Balaban J connectivity index is 1.61. The lowest BCUT2D eigenvalue weighted by molar-refractivity contribution is -0.0209. The van der Waals surface area contributed by atoms with E-state index in [2.05, 4.69) is 17.4 Å². The third kappa shape index (κ3) is 5.37. The van der Waals surface area contributed by atoms with Gasteiger partial charge in [-0.15, -0.1) is 0 Å². The van der Waals surface area contributed by atoms with E-state index in [0.717, 1.165) is 13.0 Å². The zero-order valence-electron chi connectivity index (χ0n) is 17.4. The van der Waals surface area contributed by atoms with E-state index in [4.69, 9.17) is 9.47 Å². The van der Waals surface area contributed by atoms with Crippen LogP contribution in [0.5, 0.6) is 5.75 Å². The summed E-state index contributed by atoms with van der Waals surface area (Å²) in [6.07, 6.45) is -1.11. The molecule has 1 amide bonds. The fraction of sp³-hybridized carbons (Fsp3) is 0.435. The first-order valence-electron chi connectivity index (χ1n) is 10.1. The first-order valence-corrected chi connectivity index (χ1v) is 10.1. The van der Waals surface area contributed by atoms with Gasteiger partial charge in [-0.05, 0) is 43.3 Å². The van der Waals surface area contributed by atoms with Crippen LogP contribution in [0.1, 0.15) is 15.9 Å². The number of rotatable bonds is 9. The van der Waals surface area contributed by atoms with E-state index in [1.165, 1.54) is 5.56 Å². The zero-order valence-corrected chi connectivity index (χ0v) is 17.4. The van der Waals surface area contributed by atoms with Gasteiger partial charge in [0.25, 0.3) is 5.91 Å². The number of benzene rings is 2. The van der Waals surface area contributed by atoms with Crippen LogP contribution in [0.3, 0.4) is 0 Å². The Morgan fingerprint density at radius 3 is 2.47 bits per heavy atom. The van der Waals surface area contributed by atoms with Crippen LogP contribution in [-0.4, -0.2) is 79.2 Å². The summed E-state index contributed by atoms with van der Waals surface area (Å²) in [5.41, 5.74) is 1.72. The van der Waals surface area contributed by atoms with E-state index in [0.29, 0.717) is 11.3 Å². The average Bonchev–Trinajstić information content (AvgIpc) is 3.11. The van der Waals surface area contributed by atoms with Gasteiger partial charge in [0, 0.05) is 18.7 Å². The van der Waals surface area contributed by atoms with Crippen molar-refractivity contribution < 1.29 is 24.5 Å². The maximum Gasteiger partial charge on any atom is 0.251 e. The first-order chi connectivity index (χ1) is 14.5. The number of hydrogen-bond acceptors (Lipinski definition) is 6. The van der Waals surface area contributed by atoms with Crippen molar-refractivity contribution >= 4 is 5.91 Å². The van der Waals surface area contributed by atoms with Crippen molar-refractivity contribution in [2.24, 2.45) is 0 Å². The lowest BCUT2D eigenvalue weighted by atomic mass is 10.0. The lowest BCUT2D eigenvalue weighted by Gasteiger charge is -2.30. The Labute approximate surface area is 177 Å². The van der Waals surface area contributed by atoms with E-state index < -0.39 is 18.3 Å². The van der Waals surface area contributed by atoms with Gasteiger partial charge in [-0.2, -0.15) is 0 Å². The van der Waals surface area contributed by atoms with Gasteiger partial charge in [0.15, 0.2) is 0 Å². The van der Waals surface area contributed by atoms with E-state index in [-0.39, 0.29) is 25.1 Å². The van der Waals surface area contributed by atoms with Crippen LogP contribution < -0.4 is 10.1 Å². The second-order valence-electron chi connectivity index (χ2n) is 7.53. The molecule has 3 N–H and O–H groups in total. The van der Waals surface area contributed by atoms with Crippen molar-refractivity contribution in [2.45, 2.75) is 30.8 Å². The quantitative estimate of drug-likeness (QED) is 0.569. The van der Waals surface area contributed by atoms with Crippen molar-refractivity contribution in [3.05, 3.63) is 65.7 Å². The predicted octanol–water partition coefficient (Wildman–Crippen LogP) is 1.09. The van der Waals surface area contributed by atoms with E-state index >= 15 is 0 Å². The molecule has 30 heavy (non-hydrogen) atoms. The van der Waals surface area contributed by atoms with Gasteiger partial charge in [0.2, 0.25) is 0 Å². The highest BCUT2D eigenvalue weighted by Crippen LogP contribution is 2.25. The molecule has 7 nitrogen and oxygen atoms in total. The van der Waals surface area contributed by atoms with Crippen LogP contribution in [0.25, 0.3) is 0 Å². The molecule has 0 aliphatic carbocycles. The first kappa shape index (κ1) is 22.2. The molecule has 162 valence electrons. The van der Waals surface area contributed by atoms with Crippen LogP contribution >= 0.6 is 0 Å². The van der Waals surface area contributed by atoms with Crippen molar-refractivity contribution in [1.82, 2.24) is 10.2 Å². The SMILES string of the molecule is COc1ccc(C(=O)NCC2OC(CO)C(O)C2N(C)CCc2ccccc2)cc1. The van der Waals surface area contributed by atoms with Crippen molar-refractivity contribution in [3.63, 3.8) is 0 Å². The molecule has 0 radical (unpaired) electrons. The second kappa shape index (κ2) is 10.5. The lowest BCUT2D eigenvalue weighted by Crippen LogP contribution is -2.50. The molecule has 1 fully saturated rings. The Kier molecular flexibility index (Phi) is 7.81. The summed E-state index contributed by atoms with van der Waals surface area (Å²) in [5.74, 6) is 0.452. The summed E-state index contributed by atoms with van der Waals surface area (Å²) in [5, 5.41) is 23.1. The fourth-order valence-corrected chi connectivity index (χ4v) is 3.83. The van der Waals surface area contributed by atoms with Gasteiger partial charge < -0.3 is 25.0 Å². The van der Waals surface area contributed by atoms with Crippen molar-refractivity contribution in [2.75, 3.05) is 33.9 Å². The number of nitrogens with zero attached hydrogens (tertiary/aromatic N) is 1. The van der Waals surface area contributed by atoms with Gasteiger partial charge in [0.1, 0.15) is 18.0 Å². The van der Waals surface area contributed by atoms with Gasteiger partial charge in [-0.1, -0.05) is 30.3 Å². The summed E-state index contributed by atoms with van der Waals surface area (Å²) in [7, 11) is 3.50. The number of carbonyl (C=O) groups is 1. The van der Waals surface area contributed by atoms with Gasteiger partial charge in [-0.3, -0.25) is 9.69 Å². The monoisotopic (exact) mass is 414 g/mol. The Morgan fingerprint density at radius 2 is 1.83 bits per heavy atom. The van der Waals surface area contributed by atoms with E-state index in [1.54, 1.807) is 31.4 Å². The van der Waals surface area contributed by atoms with Crippen LogP contribution in [-0.2, 0) is 11.2 Å². The maximum atomic E-state index is 12.5. The third-order valence-electron chi connectivity index (χ3n) is 5.56. The van der Waals surface area contributed by atoms with Crippen LogP contribution in [0.15, 0.2) is 54.6 Å². The highest BCUT2D eigenvalue weighted by atomic mass is 16.5. The molecular weight excluding hydrogens is 384 g/mol. The summed E-state index contributed by atoms with van der Waals surface area (Å²) in [6, 6.07) is 16.6. The molecule has 3 rings (SSSR count). The second-order valence-corrected chi connectivity index (χ2v) is 7.53. The van der Waals surface area contributed by atoms with Crippen LogP contribution in [0, 0.1) is 0 Å². The number of amides is 1. The average molecular weight is 415 g/mol. The minimum absolute atomic E-state index is 0.228. The molecular formula is C23H30N2O5. The molecule has 7 heteroatoms. The summed E-state index contributed by atoms with van der Waals surface area (Å²) < 4.78 is 11.0. The standard InChI is InChI=1S/C23H30N2O5/c1-25(13-12-16-6-4-3-5-7-16)21-19(30-20(15-26)22(21)27)14-24-23(28)17-8-10-18(29-2)11-9-17/h3-11,19-22,26-27H,12-15H2,1-2H3,(H,24,28). The molecule has 0 aromatic heterocycles. The maximum absolute atomic E-state index is 12.5. The number of likely N-dealkylation sites (N-methyl/N-ethyl adjacent to an activating group) is 1. The predicted molar refractivity (Wildman–Crippen MR) is 114 cm³/mol. The molecule has 0 saturated carbocycles. The molecule has 1 aliphatic rings. The van der Waals surface area contributed by atoms with Gasteiger partial charge >= 0.3 is 0 Å². The zero-order chi connectivity index (χ0) is 21.5. The van der Waals surface area contributed by atoms with Crippen LogP contribution in [0.4, 0.5) is 0 Å². The number of aliphatic hydroxyl groups excluding tert-OH is 2. The molecule has 2 aromatic carbocycles. The third-order valence-corrected chi connectivity index (χ3v) is 5.56. The largest absolute Gasteiger partial charge is 0.497 e. The van der Waals surface area contributed by atoms with Crippen LogP contribution in [0.2, 0.25) is 0 Å². The number of nitrogens with one attached hydrogen (secondary N) is 1. The number of ether oxygens (including phenoxy) is 2. The summed E-state index contributed by atoms with van der Waals surface area (Å²) >= 11 is 0.